The van der Waals surface area contributed by atoms with Gasteiger partial charge < -0.3 is 24.8 Å². The Morgan fingerprint density at radius 3 is 2.56 bits per heavy atom. The van der Waals surface area contributed by atoms with E-state index in [9.17, 15) is 4.79 Å². The monoisotopic (exact) mass is 586 g/mol. The SMILES string of the molecule is CCN1CCC(CNC(=O)CCOc2ccc(-c3cc(N(CC)CCCN4CCCCC4)c4cnccc4n3)cc2)CC1. The molecule has 1 amide bonds. The van der Waals surface area contributed by atoms with Crippen LogP contribution in [0.5, 0.6) is 5.75 Å². The smallest absolute Gasteiger partial charge is 0.223 e. The van der Waals surface area contributed by atoms with Crippen LogP contribution in [0.15, 0.2) is 48.8 Å². The van der Waals surface area contributed by atoms with Crippen LogP contribution in [0.4, 0.5) is 5.69 Å². The van der Waals surface area contributed by atoms with Crippen LogP contribution < -0.4 is 15.0 Å². The molecule has 43 heavy (non-hydrogen) atoms. The Morgan fingerprint density at radius 1 is 1.02 bits per heavy atom. The summed E-state index contributed by atoms with van der Waals surface area (Å²) >= 11 is 0. The van der Waals surface area contributed by atoms with E-state index >= 15 is 0 Å². The van der Waals surface area contributed by atoms with E-state index in [0.717, 1.165) is 93.0 Å². The molecule has 3 aromatic rings. The highest BCUT2D eigenvalue weighted by Crippen LogP contribution is 2.31. The van der Waals surface area contributed by atoms with E-state index in [0.29, 0.717) is 18.9 Å². The zero-order chi connectivity index (χ0) is 29.9. The molecule has 8 heteroatoms. The lowest BCUT2D eigenvalue weighted by Crippen LogP contribution is -2.38. The number of carbonyl (C=O) groups is 1. The van der Waals surface area contributed by atoms with Crippen molar-refractivity contribution in [2.75, 3.05) is 70.4 Å². The number of benzene rings is 1. The van der Waals surface area contributed by atoms with Crippen molar-refractivity contribution in [3.63, 3.8) is 0 Å². The quantitative estimate of drug-likeness (QED) is 0.263. The summed E-state index contributed by atoms with van der Waals surface area (Å²) < 4.78 is 5.92. The molecule has 0 unspecified atom stereocenters. The number of piperidine rings is 2. The summed E-state index contributed by atoms with van der Waals surface area (Å²) in [5.74, 6) is 1.42. The van der Waals surface area contributed by atoms with E-state index in [4.69, 9.17) is 9.72 Å². The van der Waals surface area contributed by atoms with Crippen LogP contribution >= 0.6 is 0 Å². The van der Waals surface area contributed by atoms with Crippen LogP contribution in [0, 0.1) is 5.92 Å². The second kappa shape index (κ2) is 16.0. The molecular weight excluding hydrogens is 536 g/mol. The predicted molar refractivity (Wildman–Crippen MR) is 176 cm³/mol. The van der Waals surface area contributed by atoms with Crippen molar-refractivity contribution in [1.82, 2.24) is 25.1 Å². The highest BCUT2D eigenvalue weighted by Gasteiger charge is 2.19. The lowest BCUT2D eigenvalue weighted by Gasteiger charge is -2.31. The fraction of sp³-hybridized carbons (Fsp3) is 0.571. The first-order chi connectivity index (χ1) is 21.1. The molecule has 2 aromatic heterocycles. The van der Waals surface area contributed by atoms with Crippen molar-refractivity contribution in [3.8, 4) is 17.0 Å². The molecule has 8 nitrogen and oxygen atoms in total. The van der Waals surface area contributed by atoms with Crippen LogP contribution in [0.1, 0.15) is 58.8 Å². The molecule has 0 radical (unpaired) electrons. The van der Waals surface area contributed by atoms with Gasteiger partial charge in [0.15, 0.2) is 0 Å². The van der Waals surface area contributed by atoms with E-state index in [1.165, 1.54) is 38.0 Å². The molecule has 232 valence electrons. The van der Waals surface area contributed by atoms with Gasteiger partial charge in [-0.3, -0.25) is 9.78 Å². The molecule has 2 saturated heterocycles. The minimum Gasteiger partial charge on any atom is -0.493 e. The molecule has 4 heterocycles. The number of aromatic nitrogens is 2. The van der Waals surface area contributed by atoms with Crippen molar-refractivity contribution in [3.05, 3.63) is 48.8 Å². The summed E-state index contributed by atoms with van der Waals surface area (Å²) in [5.41, 5.74) is 4.14. The number of nitrogens with one attached hydrogen (secondary N) is 1. The summed E-state index contributed by atoms with van der Waals surface area (Å²) in [6.45, 7) is 14.6. The number of anilines is 1. The number of likely N-dealkylation sites (tertiary alicyclic amines) is 2. The number of rotatable bonds is 14. The van der Waals surface area contributed by atoms with E-state index in [1.54, 1.807) is 0 Å². The van der Waals surface area contributed by atoms with Crippen LogP contribution in [0.25, 0.3) is 22.2 Å². The third-order valence-electron chi connectivity index (χ3n) is 9.15. The maximum absolute atomic E-state index is 12.4. The normalized spacial score (nSPS) is 16.8. The summed E-state index contributed by atoms with van der Waals surface area (Å²) in [7, 11) is 0. The Bertz CT molecular complexity index is 1290. The van der Waals surface area contributed by atoms with Crippen molar-refractivity contribution in [2.45, 2.75) is 58.8 Å². The van der Waals surface area contributed by atoms with Gasteiger partial charge in [0.25, 0.3) is 0 Å². The molecule has 0 spiro atoms. The minimum atomic E-state index is 0.0633. The average Bonchev–Trinajstić information content (AvgIpc) is 3.06. The van der Waals surface area contributed by atoms with E-state index in [-0.39, 0.29) is 5.91 Å². The first-order valence-electron chi connectivity index (χ1n) is 16.6. The van der Waals surface area contributed by atoms with Gasteiger partial charge in [0.1, 0.15) is 5.75 Å². The molecule has 0 atom stereocenters. The highest BCUT2D eigenvalue weighted by atomic mass is 16.5. The lowest BCUT2D eigenvalue weighted by atomic mass is 9.97. The zero-order valence-corrected chi connectivity index (χ0v) is 26.3. The summed E-state index contributed by atoms with van der Waals surface area (Å²) in [6.07, 6.45) is 11.6. The van der Waals surface area contributed by atoms with Crippen LogP contribution in [-0.2, 0) is 4.79 Å². The Balaban J connectivity index is 1.15. The first-order valence-corrected chi connectivity index (χ1v) is 16.6. The summed E-state index contributed by atoms with van der Waals surface area (Å²) in [4.78, 5) is 29.3. The van der Waals surface area contributed by atoms with Gasteiger partial charge >= 0.3 is 0 Å². The highest BCUT2D eigenvalue weighted by molar-refractivity contribution is 5.93. The minimum absolute atomic E-state index is 0.0633. The van der Waals surface area contributed by atoms with Crippen LogP contribution in [-0.4, -0.2) is 91.2 Å². The fourth-order valence-electron chi connectivity index (χ4n) is 6.41. The van der Waals surface area contributed by atoms with Gasteiger partial charge in [-0.15, -0.1) is 0 Å². The van der Waals surface area contributed by atoms with E-state index < -0.39 is 0 Å². The summed E-state index contributed by atoms with van der Waals surface area (Å²) in [5, 5.41) is 4.20. The fourth-order valence-corrected chi connectivity index (χ4v) is 6.41. The first kappa shape index (κ1) is 31.2. The topological polar surface area (TPSA) is 73.8 Å². The molecule has 1 N–H and O–H groups in total. The molecular formula is C35H50N6O2. The Hall–Kier alpha value is -3.23. The lowest BCUT2D eigenvalue weighted by molar-refractivity contribution is -0.121. The van der Waals surface area contributed by atoms with Gasteiger partial charge in [-0.25, -0.2) is 4.98 Å². The van der Waals surface area contributed by atoms with Crippen LogP contribution in [0.3, 0.4) is 0 Å². The zero-order valence-electron chi connectivity index (χ0n) is 26.3. The number of ether oxygens (including phenoxy) is 1. The van der Waals surface area contributed by atoms with Gasteiger partial charge in [0.05, 0.1) is 24.2 Å². The average molecular weight is 587 g/mol. The number of pyridine rings is 2. The van der Waals surface area contributed by atoms with Gasteiger partial charge in [-0.1, -0.05) is 13.3 Å². The van der Waals surface area contributed by atoms with Gasteiger partial charge in [0.2, 0.25) is 5.91 Å². The predicted octanol–water partition coefficient (Wildman–Crippen LogP) is 5.62. The number of hydrogen-bond acceptors (Lipinski definition) is 7. The number of nitrogens with zero attached hydrogens (tertiary/aromatic N) is 5. The second-order valence-corrected chi connectivity index (χ2v) is 12.1. The molecule has 0 bridgehead atoms. The molecule has 0 saturated carbocycles. The number of hydrogen-bond donors (Lipinski definition) is 1. The van der Waals surface area contributed by atoms with E-state index in [1.807, 2.05) is 30.6 Å². The van der Waals surface area contributed by atoms with Crippen molar-refractivity contribution < 1.29 is 9.53 Å². The molecule has 0 aliphatic carbocycles. The molecule has 2 aliphatic heterocycles. The maximum atomic E-state index is 12.4. The third kappa shape index (κ3) is 8.89. The Kier molecular flexibility index (Phi) is 11.6. The summed E-state index contributed by atoms with van der Waals surface area (Å²) in [6, 6.07) is 12.3. The van der Waals surface area contributed by atoms with Gasteiger partial charge in [-0.05, 0) is 121 Å². The number of fused-ring (bicyclic) bond motifs is 1. The molecule has 2 fully saturated rings. The standard InChI is InChI=1S/C35H50N6O2/c1-3-39-22-14-28(15-23-39)26-37-35(42)16-24-43-30-11-9-29(10-12-30)33-25-34(31-27-36-17-13-32(31)38-33)41(4-2)21-8-20-40-18-6-5-7-19-40/h9-13,17,25,27-28H,3-8,14-16,18-24,26H2,1-2H3,(H,37,42). The van der Waals surface area contributed by atoms with Crippen molar-refractivity contribution in [1.29, 1.82) is 0 Å². The van der Waals surface area contributed by atoms with E-state index in [2.05, 4.69) is 57.0 Å². The molecule has 5 rings (SSSR count). The molecule has 1 aromatic carbocycles. The molecule has 2 aliphatic rings. The second-order valence-electron chi connectivity index (χ2n) is 12.1. The maximum Gasteiger partial charge on any atom is 0.223 e. The van der Waals surface area contributed by atoms with Crippen molar-refractivity contribution >= 4 is 22.5 Å². The van der Waals surface area contributed by atoms with Gasteiger partial charge in [-0.2, -0.15) is 0 Å². The Morgan fingerprint density at radius 2 is 1.81 bits per heavy atom. The Labute approximate surface area is 257 Å². The van der Waals surface area contributed by atoms with Crippen LogP contribution in [0.2, 0.25) is 0 Å². The number of carbonyl (C=O) groups excluding carboxylic acids is 1. The third-order valence-corrected chi connectivity index (χ3v) is 9.15. The van der Waals surface area contributed by atoms with Crippen molar-refractivity contribution in [2.24, 2.45) is 5.92 Å². The van der Waals surface area contributed by atoms with Gasteiger partial charge in [0, 0.05) is 48.7 Å². The number of amides is 1. The largest absolute Gasteiger partial charge is 0.493 e.